The largest absolute Gasteiger partial charge is 0.349 e. The summed E-state index contributed by atoms with van der Waals surface area (Å²) < 4.78 is 0.967. The van der Waals surface area contributed by atoms with E-state index in [0.29, 0.717) is 11.5 Å². The van der Waals surface area contributed by atoms with E-state index in [-0.39, 0.29) is 11.9 Å². The molecule has 0 fully saturated rings. The van der Waals surface area contributed by atoms with Crippen LogP contribution in [0.25, 0.3) is 0 Å². The maximum Gasteiger partial charge on any atom is 0.270 e. The average Bonchev–Trinajstić information content (AvgIpc) is 2.38. The number of carbonyl (C=O) groups is 1. The van der Waals surface area contributed by atoms with Gasteiger partial charge in [-0.3, -0.25) is 4.79 Å². The van der Waals surface area contributed by atoms with Gasteiger partial charge in [-0.25, -0.2) is 9.97 Å². The van der Waals surface area contributed by atoms with Crippen LogP contribution in [0.4, 0.5) is 11.5 Å². The number of hydrogen-bond acceptors (Lipinski definition) is 4. The number of nitrogens with zero attached hydrogens (tertiary/aromatic N) is 2. The molecule has 1 heterocycles. The molecule has 2 aromatic rings. The van der Waals surface area contributed by atoms with Crippen molar-refractivity contribution in [1.82, 2.24) is 15.3 Å². The molecule has 0 unspecified atom stereocenters. The first-order chi connectivity index (χ1) is 9.54. The monoisotopic (exact) mass is 334 g/mol. The van der Waals surface area contributed by atoms with Crippen molar-refractivity contribution < 1.29 is 4.79 Å². The lowest BCUT2D eigenvalue weighted by molar-refractivity contribution is 0.0938. The third-order valence-electron chi connectivity index (χ3n) is 2.42. The fourth-order valence-corrected chi connectivity index (χ4v) is 2.00. The van der Waals surface area contributed by atoms with Gasteiger partial charge in [-0.05, 0) is 32.0 Å². The maximum atomic E-state index is 11.9. The molecule has 20 heavy (non-hydrogen) atoms. The van der Waals surface area contributed by atoms with Crippen molar-refractivity contribution in [2.24, 2.45) is 0 Å². The van der Waals surface area contributed by atoms with Crippen molar-refractivity contribution in [2.75, 3.05) is 5.32 Å². The number of rotatable bonds is 4. The van der Waals surface area contributed by atoms with Crippen LogP contribution in [0, 0.1) is 0 Å². The molecular formula is C14H15BrN4O. The summed E-state index contributed by atoms with van der Waals surface area (Å²) in [5.41, 5.74) is 1.22. The highest BCUT2D eigenvalue weighted by molar-refractivity contribution is 9.10. The van der Waals surface area contributed by atoms with Crippen molar-refractivity contribution >= 4 is 33.3 Å². The van der Waals surface area contributed by atoms with Crippen LogP contribution in [-0.4, -0.2) is 21.9 Å². The second-order valence-electron chi connectivity index (χ2n) is 4.55. The molecule has 1 amide bonds. The SMILES string of the molecule is CC(C)NC(=O)c1cc(Nc2cccc(Br)c2)ncn1. The van der Waals surface area contributed by atoms with E-state index in [1.807, 2.05) is 38.1 Å². The Morgan fingerprint density at radius 3 is 2.75 bits per heavy atom. The highest BCUT2D eigenvalue weighted by atomic mass is 79.9. The van der Waals surface area contributed by atoms with E-state index < -0.39 is 0 Å². The first-order valence-corrected chi connectivity index (χ1v) is 6.99. The van der Waals surface area contributed by atoms with Gasteiger partial charge in [0, 0.05) is 22.3 Å². The van der Waals surface area contributed by atoms with Crippen LogP contribution in [0.1, 0.15) is 24.3 Å². The van der Waals surface area contributed by atoms with Crippen LogP contribution in [0.5, 0.6) is 0 Å². The highest BCUT2D eigenvalue weighted by Gasteiger charge is 2.09. The summed E-state index contributed by atoms with van der Waals surface area (Å²) in [6, 6.07) is 9.39. The van der Waals surface area contributed by atoms with Crippen LogP contribution in [-0.2, 0) is 0 Å². The Hall–Kier alpha value is -1.95. The average molecular weight is 335 g/mol. The number of carbonyl (C=O) groups excluding carboxylic acids is 1. The minimum atomic E-state index is -0.209. The number of amides is 1. The molecule has 0 radical (unpaired) electrons. The molecule has 0 aliphatic heterocycles. The van der Waals surface area contributed by atoms with Crippen LogP contribution >= 0.6 is 15.9 Å². The van der Waals surface area contributed by atoms with Crippen LogP contribution in [0.15, 0.2) is 41.1 Å². The Balaban J connectivity index is 2.15. The zero-order valence-corrected chi connectivity index (χ0v) is 12.8. The predicted octanol–water partition coefficient (Wildman–Crippen LogP) is 3.12. The molecule has 0 atom stereocenters. The second kappa shape index (κ2) is 6.47. The van der Waals surface area contributed by atoms with Gasteiger partial charge >= 0.3 is 0 Å². The fourth-order valence-electron chi connectivity index (χ4n) is 1.60. The molecule has 6 heteroatoms. The molecule has 1 aromatic heterocycles. The second-order valence-corrected chi connectivity index (χ2v) is 5.47. The summed E-state index contributed by atoms with van der Waals surface area (Å²) in [5, 5.41) is 5.93. The van der Waals surface area contributed by atoms with Crippen LogP contribution in [0.2, 0.25) is 0 Å². The van der Waals surface area contributed by atoms with Crippen LogP contribution < -0.4 is 10.6 Å². The van der Waals surface area contributed by atoms with E-state index in [9.17, 15) is 4.79 Å². The summed E-state index contributed by atoms with van der Waals surface area (Å²) >= 11 is 3.40. The van der Waals surface area contributed by atoms with Gasteiger partial charge in [-0.2, -0.15) is 0 Å². The third-order valence-corrected chi connectivity index (χ3v) is 2.91. The Labute approximate surface area is 126 Å². The fraction of sp³-hybridized carbons (Fsp3) is 0.214. The minimum Gasteiger partial charge on any atom is -0.349 e. The van der Waals surface area contributed by atoms with E-state index >= 15 is 0 Å². The lowest BCUT2D eigenvalue weighted by atomic mass is 10.3. The summed E-state index contributed by atoms with van der Waals surface area (Å²) in [4.78, 5) is 20.0. The van der Waals surface area contributed by atoms with E-state index in [2.05, 4.69) is 36.5 Å². The molecule has 2 rings (SSSR count). The van der Waals surface area contributed by atoms with E-state index in [1.54, 1.807) is 6.07 Å². The third kappa shape index (κ3) is 4.03. The lowest BCUT2D eigenvalue weighted by Gasteiger charge is -2.09. The Bertz CT molecular complexity index is 616. The molecule has 2 N–H and O–H groups in total. The first kappa shape index (κ1) is 14.5. The first-order valence-electron chi connectivity index (χ1n) is 6.20. The van der Waals surface area contributed by atoms with Crippen molar-refractivity contribution in [2.45, 2.75) is 19.9 Å². The van der Waals surface area contributed by atoms with Crippen LogP contribution in [0.3, 0.4) is 0 Å². The van der Waals surface area contributed by atoms with Crippen molar-refractivity contribution in [3.8, 4) is 0 Å². The summed E-state index contributed by atoms with van der Waals surface area (Å²) in [7, 11) is 0. The number of anilines is 2. The molecule has 0 spiro atoms. The zero-order valence-electron chi connectivity index (χ0n) is 11.2. The van der Waals surface area contributed by atoms with E-state index in [1.165, 1.54) is 6.33 Å². The summed E-state index contributed by atoms with van der Waals surface area (Å²) in [6.07, 6.45) is 1.37. The molecule has 5 nitrogen and oxygen atoms in total. The minimum absolute atomic E-state index is 0.0685. The van der Waals surface area contributed by atoms with Gasteiger partial charge in [-0.15, -0.1) is 0 Å². The van der Waals surface area contributed by atoms with Crippen molar-refractivity contribution in [3.05, 3.63) is 46.8 Å². The number of nitrogens with one attached hydrogen (secondary N) is 2. The summed E-state index contributed by atoms with van der Waals surface area (Å²) in [5.74, 6) is 0.367. The molecule has 0 aliphatic carbocycles. The van der Waals surface area contributed by atoms with Crippen molar-refractivity contribution in [3.63, 3.8) is 0 Å². The molecule has 0 saturated carbocycles. The van der Waals surface area contributed by atoms with Gasteiger partial charge < -0.3 is 10.6 Å². The van der Waals surface area contributed by atoms with Gasteiger partial charge in [0.2, 0.25) is 0 Å². The van der Waals surface area contributed by atoms with Gasteiger partial charge in [0.25, 0.3) is 5.91 Å². The number of aromatic nitrogens is 2. The van der Waals surface area contributed by atoms with Gasteiger partial charge in [0.05, 0.1) is 0 Å². The smallest absolute Gasteiger partial charge is 0.270 e. The number of halogens is 1. The van der Waals surface area contributed by atoms with Gasteiger partial charge in [-0.1, -0.05) is 22.0 Å². The Kier molecular flexibility index (Phi) is 4.68. The zero-order chi connectivity index (χ0) is 14.5. The van der Waals surface area contributed by atoms with Gasteiger partial charge in [0.1, 0.15) is 17.8 Å². The molecule has 104 valence electrons. The predicted molar refractivity (Wildman–Crippen MR) is 82.1 cm³/mol. The summed E-state index contributed by atoms with van der Waals surface area (Å²) in [6.45, 7) is 3.81. The molecular weight excluding hydrogens is 320 g/mol. The standard InChI is InChI=1S/C14H15BrN4O/c1-9(2)18-14(20)12-7-13(17-8-16-12)19-11-5-3-4-10(15)6-11/h3-9H,1-2H3,(H,18,20)(H,16,17,19). The molecule has 0 bridgehead atoms. The normalized spacial score (nSPS) is 10.4. The van der Waals surface area contributed by atoms with Crippen molar-refractivity contribution in [1.29, 1.82) is 0 Å². The molecule has 1 aromatic carbocycles. The molecule has 0 saturated heterocycles. The lowest BCUT2D eigenvalue weighted by Crippen LogP contribution is -2.30. The highest BCUT2D eigenvalue weighted by Crippen LogP contribution is 2.19. The van der Waals surface area contributed by atoms with E-state index in [0.717, 1.165) is 10.2 Å². The topological polar surface area (TPSA) is 66.9 Å². The maximum absolute atomic E-state index is 11.9. The number of hydrogen-bond donors (Lipinski definition) is 2. The Morgan fingerprint density at radius 1 is 1.25 bits per heavy atom. The molecule has 0 aliphatic rings. The Morgan fingerprint density at radius 2 is 2.05 bits per heavy atom. The van der Waals surface area contributed by atoms with E-state index in [4.69, 9.17) is 0 Å². The van der Waals surface area contributed by atoms with Gasteiger partial charge in [0.15, 0.2) is 0 Å². The quantitative estimate of drug-likeness (QED) is 0.901. The number of benzene rings is 1.